The highest BCUT2D eigenvalue weighted by Crippen LogP contribution is 2.28. The van der Waals surface area contributed by atoms with Gasteiger partial charge in [0.15, 0.2) is 0 Å². The van der Waals surface area contributed by atoms with Crippen LogP contribution in [0.15, 0.2) is 47.1 Å². The largest absolute Gasteiger partial charge is 0.339 e. The topological polar surface area (TPSA) is 60.0 Å². The SMILES string of the molecule is Cn1nccc1CCN1CCC(c2nc(-c3ccccc3)no2)CC1. The molecule has 0 radical (unpaired) electrons. The lowest BCUT2D eigenvalue weighted by molar-refractivity contribution is 0.195. The van der Waals surface area contributed by atoms with E-state index in [4.69, 9.17) is 4.52 Å². The van der Waals surface area contributed by atoms with E-state index >= 15 is 0 Å². The number of hydrogen-bond donors (Lipinski definition) is 0. The van der Waals surface area contributed by atoms with Crippen molar-refractivity contribution in [3.63, 3.8) is 0 Å². The van der Waals surface area contributed by atoms with Crippen molar-refractivity contribution >= 4 is 0 Å². The van der Waals surface area contributed by atoms with Crippen LogP contribution < -0.4 is 0 Å². The molecule has 0 N–H and O–H groups in total. The number of hydrogen-bond acceptors (Lipinski definition) is 5. The summed E-state index contributed by atoms with van der Waals surface area (Å²) in [7, 11) is 2.00. The molecule has 0 bridgehead atoms. The molecular formula is C19H23N5O. The van der Waals surface area contributed by atoms with Crippen LogP contribution in [-0.2, 0) is 13.5 Å². The van der Waals surface area contributed by atoms with E-state index in [2.05, 4.69) is 26.2 Å². The maximum Gasteiger partial charge on any atom is 0.230 e. The fourth-order valence-corrected chi connectivity index (χ4v) is 3.43. The zero-order valence-electron chi connectivity index (χ0n) is 14.5. The molecule has 0 atom stereocenters. The summed E-state index contributed by atoms with van der Waals surface area (Å²) in [4.78, 5) is 7.13. The van der Waals surface area contributed by atoms with E-state index in [9.17, 15) is 0 Å². The second-order valence-corrected chi connectivity index (χ2v) is 6.63. The minimum atomic E-state index is 0.373. The minimum absolute atomic E-state index is 0.373. The van der Waals surface area contributed by atoms with Gasteiger partial charge in [0, 0.05) is 43.4 Å². The van der Waals surface area contributed by atoms with Gasteiger partial charge in [-0.2, -0.15) is 10.1 Å². The number of rotatable bonds is 5. The molecule has 1 aliphatic rings. The molecule has 25 heavy (non-hydrogen) atoms. The molecule has 6 heteroatoms. The maximum atomic E-state index is 5.54. The zero-order valence-corrected chi connectivity index (χ0v) is 14.5. The van der Waals surface area contributed by atoms with Gasteiger partial charge in [0.25, 0.3) is 0 Å². The van der Waals surface area contributed by atoms with Crippen LogP contribution in [-0.4, -0.2) is 44.5 Å². The summed E-state index contributed by atoms with van der Waals surface area (Å²) in [5, 5.41) is 8.38. The Morgan fingerprint density at radius 3 is 2.64 bits per heavy atom. The summed E-state index contributed by atoms with van der Waals surface area (Å²) in [5.41, 5.74) is 2.29. The fourth-order valence-electron chi connectivity index (χ4n) is 3.43. The molecule has 0 aliphatic carbocycles. The van der Waals surface area contributed by atoms with Gasteiger partial charge in [-0.3, -0.25) is 4.68 Å². The lowest BCUT2D eigenvalue weighted by atomic mass is 9.96. The van der Waals surface area contributed by atoms with Crippen LogP contribution in [0.5, 0.6) is 0 Å². The Morgan fingerprint density at radius 2 is 1.92 bits per heavy atom. The summed E-state index contributed by atoms with van der Waals surface area (Å²) < 4.78 is 7.49. The van der Waals surface area contributed by atoms with Crippen LogP contribution in [0.3, 0.4) is 0 Å². The van der Waals surface area contributed by atoms with Gasteiger partial charge in [0.05, 0.1) is 0 Å². The van der Waals surface area contributed by atoms with Gasteiger partial charge in [-0.1, -0.05) is 35.5 Å². The molecule has 0 unspecified atom stereocenters. The molecule has 0 amide bonds. The molecule has 6 nitrogen and oxygen atoms in total. The van der Waals surface area contributed by atoms with Gasteiger partial charge in [-0.15, -0.1) is 0 Å². The molecule has 2 aromatic heterocycles. The van der Waals surface area contributed by atoms with Crippen molar-refractivity contribution in [2.24, 2.45) is 7.05 Å². The number of benzene rings is 1. The minimum Gasteiger partial charge on any atom is -0.339 e. The predicted molar refractivity (Wildman–Crippen MR) is 95.1 cm³/mol. The Bertz CT molecular complexity index is 802. The second-order valence-electron chi connectivity index (χ2n) is 6.63. The third kappa shape index (κ3) is 3.64. The smallest absolute Gasteiger partial charge is 0.230 e. The molecule has 0 saturated carbocycles. The summed E-state index contributed by atoms with van der Waals surface area (Å²) in [5.74, 6) is 1.84. The molecule has 4 rings (SSSR count). The summed E-state index contributed by atoms with van der Waals surface area (Å²) in [6, 6.07) is 12.1. The molecule has 1 saturated heterocycles. The lowest BCUT2D eigenvalue weighted by Gasteiger charge is -2.30. The monoisotopic (exact) mass is 337 g/mol. The Kier molecular flexibility index (Phi) is 4.61. The van der Waals surface area contributed by atoms with Crippen molar-refractivity contribution in [2.75, 3.05) is 19.6 Å². The first-order valence-corrected chi connectivity index (χ1v) is 8.88. The first-order valence-electron chi connectivity index (χ1n) is 8.88. The number of aryl methyl sites for hydroxylation is 1. The second kappa shape index (κ2) is 7.19. The highest BCUT2D eigenvalue weighted by molar-refractivity contribution is 5.53. The van der Waals surface area contributed by atoms with Crippen LogP contribution >= 0.6 is 0 Å². The third-order valence-corrected chi connectivity index (χ3v) is 5.02. The third-order valence-electron chi connectivity index (χ3n) is 5.02. The number of likely N-dealkylation sites (tertiary alicyclic amines) is 1. The average molecular weight is 337 g/mol. The predicted octanol–water partition coefficient (Wildman–Crippen LogP) is 2.89. The number of aromatic nitrogens is 4. The van der Waals surface area contributed by atoms with E-state index in [-0.39, 0.29) is 0 Å². The van der Waals surface area contributed by atoms with E-state index in [1.54, 1.807) is 0 Å². The first kappa shape index (κ1) is 16.0. The normalized spacial score (nSPS) is 16.4. The van der Waals surface area contributed by atoms with Crippen LogP contribution in [0.1, 0.15) is 30.3 Å². The molecule has 0 spiro atoms. The van der Waals surface area contributed by atoms with Crippen LogP contribution in [0.4, 0.5) is 0 Å². The lowest BCUT2D eigenvalue weighted by Crippen LogP contribution is -2.34. The molecule has 1 aromatic carbocycles. The zero-order chi connectivity index (χ0) is 17.1. The van der Waals surface area contributed by atoms with Gasteiger partial charge in [-0.25, -0.2) is 0 Å². The van der Waals surface area contributed by atoms with E-state index in [0.717, 1.165) is 50.4 Å². The van der Waals surface area contributed by atoms with Gasteiger partial charge in [0.2, 0.25) is 11.7 Å². The quantitative estimate of drug-likeness (QED) is 0.716. The summed E-state index contributed by atoms with van der Waals surface area (Å²) in [6.45, 7) is 3.22. The highest BCUT2D eigenvalue weighted by Gasteiger charge is 2.25. The van der Waals surface area contributed by atoms with E-state index in [0.29, 0.717) is 11.7 Å². The van der Waals surface area contributed by atoms with Gasteiger partial charge >= 0.3 is 0 Å². The van der Waals surface area contributed by atoms with Crippen molar-refractivity contribution in [3.05, 3.63) is 54.2 Å². The van der Waals surface area contributed by atoms with Crippen molar-refractivity contribution in [2.45, 2.75) is 25.2 Å². The summed E-state index contributed by atoms with van der Waals surface area (Å²) in [6.07, 6.45) is 5.05. The van der Waals surface area contributed by atoms with Crippen molar-refractivity contribution in [1.82, 2.24) is 24.8 Å². The molecule has 3 aromatic rings. The van der Waals surface area contributed by atoms with E-state index in [1.165, 1.54) is 5.69 Å². The maximum absolute atomic E-state index is 5.54. The van der Waals surface area contributed by atoms with Crippen molar-refractivity contribution in [3.8, 4) is 11.4 Å². The molecule has 3 heterocycles. The average Bonchev–Trinajstić information content (AvgIpc) is 3.30. The molecule has 130 valence electrons. The van der Waals surface area contributed by atoms with Crippen molar-refractivity contribution < 1.29 is 4.52 Å². The van der Waals surface area contributed by atoms with E-state index in [1.807, 2.05) is 48.3 Å². The van der Waals surface area contributed by atoms with Crippen molar-refractivity contribution in [1.29, 1.82) is 0 Å². The Balaban J connectivity index is 1.31. The highest BCUT2D eigenvalue weighted by atomic mass is 16.5. The van der Waals surface area contributed by atoms with Gasteiger partial charge in [0.1, 0.15) is 0 Å². The van der Waals surface area contributed by atoms with Crippen LogP contribution in [0.2, 0.25) is 0 Å². The van der Waals surface area contributed by atoms with Gasteiger partial charge in [-0.05, 0) is 32.0 Å². The standard InChI is InChI=1S/C19H23N5O/c1-23-17(7-11-20-23)10-14-24-12-8-16(9-13-24)19-21-18(22-25-19)15-5-3-2-4-6-15/h2-7,11,16H,8-10,12-14H2,1H3. The van der Waals surface area contributed by atoms with Crippen LogP contribution in [0, 0.1) is 0 Å². The summed E-state index contributed by atoms with van der Waals surface area (Å²) >= 11 is 0. The van der Waals surface area contributed by atoms with Crippen LogP contribution in [0.25, 0.3) is 11.4 Å². The Morgan fingerprint density at radius 1 is 1.12 bits per heavy atom. The van der Waals surface area contributed by atoms with Gasteiger partial charge < -0.3 is 9.42 Å². The number of nitrogens with zero attached hydrogens (tertiary/aromatic N) is 5. The molecule has 1 fully saturated rings. The fraction of sp³-hybridized carbons (Fsp3) is 0.421. The Labute approximate surface area is 147 Å². The number of piperidine rings is 1. The first-order chi connectivity index (χ1) is 12.3. The molecule has 1 aliphatic heterocycles. The molecular weight excluding hydrogens is 314 g/mol. The van der Waals surface area contributed by atoms with E-state index < -0.39 is 0 Å². The Hall–Kier alpha value is -2.47.